The van der Waals surface area contributed by atoms with Gasteiger partial charge in [0.1, 0.15) is 0 Å². The van der Waals surface area contributed by atoms with Gasteiger partial charge in [0, 0.05) is 11.4 Å². The van der Waals surface area contributed by atoms with Crippen LogP contribution in [-0.4, -0.2) is 23.5 Å². The number of amides is 1. The third-order valence-corrected chi connectivity index (χ3v) is 4.09. The smallest absolute Gasteiger partial charge is 0.317 e. The molecule has 0 spiro atoms. The summed E-state index contributed by atoms with van der Waals surface area (Å²) in [5, 5.41) is 3.79. The molecule has 1 aliphatic heterocycles. The Morgan fingerprint density at radius 2 is 1.88 bits per heavy atom. The van der Waals surface area contributed by atoms with Crippen molar-refractivity contribution in [1.29, 1.82) is 0 Å². The number of rotatable bonds is 5. The molecular formula is C19H17ClN2O3. The van der Waals surface area contributed by atoms with Gasteiger partial charge in [0.15, 0.2) is 5.71 Å². The van der Waals surface area contributed by atoms with Crippen LogP contribution in [0.1, 0.15) is 23.1 Å². The molecule has 0 fully saturated rings. The van der Waals surface area contributed by atoms with E-state index < -0.39 is 5.97 Å². The van der Waals surface area contributed by atoms with Gasteiger partial charge in [0.2, 0.25) is 0 Å². The average Bonchev–Trinajstić information content (AvgIpc) is 2.87. The number of oxime groups is 1. The maximum atomic E-state index is 12.8. The summed E-state index contributed by atoms with van der Waals surface area (Å²) in [6, 6.07) is 15.3. The maximum Gasteiger partial charge on any atom is 0.336 e. The highest BCUT2D eigenvalue weighted by atomic mass is 35.5. The van der Waals surface area contributed by atoms with Crippen LogP contribution in [-0.2, 0) is 21.0 Å². The number of carbonyl (C=O) groups excluding carboxylic acids is 2. The van der Waals surface area contributed by atoms with E-state index in [0.717, 1.165) is 16.8 Å². The Morgan fingerprint density at radius 3 is 2.60 bits per heavy atom. The molecule has 0 bridgehead atoms. The van der Waals surface area contributed by atoms with Gasteiger partial charge in [-0.1, -0.05) is 53.2 Å². The molecule has 0 N–H and O–H groups in total. The van der Waals surface area contributed by atoms with Crippen molar-refractivity contribution in [3.8, 4) is 0 Å². The second-order valence-corrected chi connectivity index (χ2v) is 6.11. The molecular weight excluding hydrogens is 340 g/mol. The molecule has 1 amide bonds. The molecule has 1 heterocycles. The van der Waals surface area contributed by atoms with Crippen molar-refractivity contribution >= 4 is 34.9 Å². The van der Waals surface area contributed by atoms with E-state index in [1.165, 1.54) is 0 Å². The van der Waals surface area contributed by atoms with Gasteiger partial charge in [0.05, 0.1) is 18.7 Å². The fourth-order valence-electron chi connectivity index (χ4n) is 2.60. The predicted octanol–water partition coefficient (Wildman–Crippen LogP) is 3.42. The quantitative estimate of drug-likeness (QED) is 0.468. The van der Waals surface area contributed by atoms with E-state index in [0.29, 0.717) is 12.1 Å². The third-order valence-electron chi connectivity index (χ3n) is 3.90. The third kappa shape index (κ3) is 3.72. The zero-order valence-electron chi connectivity index (χ0n) is 13.7. The Hall–Kier alpha value is -2.66. The Balaban J connectivity index is 1.88. The summed E-state index contributed by atoms with van der Waals surface area (Å²) in [5.41, 5.74) is 3.70. The number of anilines is 1. The largest absolute Gasteiger partial charge is 0.336 e. The summed E-state index contributed by atoms with van der Waals surface area (Å²) in [7, 11) is 0. The number of hydrogen-bond acceptors (Lipinski definition) is 4. The van der Waals surface area contributed by atoms with Crippen LogP contribution in [0.2, 0.25) is 0 Å². The van der Waals surface area contributed by atoms with Crippen LogP contribution in [0.3, 0.4) is 0 Å². The summed E-state index contributed by atoms with van der Waals surface area (Å²) in [4.78, 5) is 30.7. The number of hydrogen-bond donors (Lipinski definition) is 0. The molecule has 5 nitrogen and oxygen atoms in total. The number of halogens is 1. The van der Waals surface area contributed by atoms with Gasteiger partial charge in [-0.15, -0.1) is 11.6 Å². The van der Waals surface area contributed by atoms with E-state index in [9.17, 15) is 9.59 Å². The number of fused-ring (bicyclic) bond motifs is 1. The highest BCUT2D eigenvalue weighted by Crippen LogP contribution is 2.30. The molecule has 0 aliphatic carbocycles. The monoisotopic (exact) mass is 356 g/mol. The van der Waals surface area contributed by atoms with Crippen molar-refractivity contribution < 1.29 is 14.4 Å². The van der Waals surface area contributed by atoms with Crippen LogP contribution < -0.4 is 4.90 Å². The average molecular weight is 357 g/mol. The molecule has 128 valence electrons. The summed E-state index contributed by atoms with van der Waals surface area (Å²) in [6.07, 6.45) is 0.0429. The summed E-state index contributed by atoms with van der Waals surface area (Å²) < 4.78 is 0. The highest BCUT2D eigenvalue weighted by Gasteiger charge is 2.34. The molecule has 25 heavy (non-hydrogen) atoms. The number of benzene rings is 2. The number of para-hydroxylation sites is 1. The van der Waals surface area contributed by atoms with Crippen molar-refractivity contribution in [3.05, 3.63) is 65.2 Å². The standard InChI is InChI=1S/C19H17ClN2O3/c1-13-6-8-14(9-7-13)12-22-16-5-3-2-4-15(16)18(19(22)24)21-25-17(23)10-11-20/h2-9H,10-12H2,1H3/b21-18-. The molecule has 0 aromatic heterocycles. The minimum Gasteiger partial charge on any atom is -0.317 e. The zero-order chi connectivity index (χ0) is 17.8. The van der Waals surface area contributed by atoms with Crippen molar-refractivity contribution in [1.82, 2.24) is 0 Å². The van der Waals surface area contributed by atoms with Gasteiger partial charge in [-0.2, -0.15) is 0 Å². The molecule has 0 atom stereocenters. The molecule has 2 aromatic rings. The Labute approximate surface area is 150 Å². The first-order valence-corrected chi connectivity index (χ1v) is 8.44. The SMILES string of the molecule is Cc1ccc(CN2C(=O)/C(=N\OC(=O)CCCl)c3ccccc32)cc1. The molecule has 1 aliphatic rings. The summed E-state index contributed by atoms with van der Waals surface area (Å²) >= 11 is 5.50. The van der Waals surface area contributed by atoms with E-state index in [2.05, 4.69) is 5.16 Å². The molecule has 0 saturated heterocycles. The fourth-order valence-corrected chi connectivity index (χ4v) is 2.76. The lowest BCUT2D eigenvalue weighted by Gasteiger charge is -2.16. The predicted molar refractivity (Wildman–Crippen MR) is 96.8 cm³/mol. The van der Waals surface area contributed by atoms with Gasteiger partial charge < -0.3 is 9.74 Å². The molecule has 0 unspecified atom stereocenters. The van der Waals surface area contributed by atoms with Crippen molar-refractivity contribution in [3.63, 3.8) is 0 Å². The van der Waals surface area contributed by atoms with E-state index in [1.54, 1.807) is 11.0 Å². The zero-order valence-corrected chi connectivity index (χ0v) is 14.5. The Bertz CT molecular complexity index is 831. The van der Waals surface area contributed by atoms with Gasteiger partial charge in [-0.3, -0.25) is 4.79 Å². The van der Waals surface area contributed by atoms with Crippen molar-refractivity contribution in [2.24, 2.45) is 5.16 Å². The lowest BCUT2D eigenvalue weighted by atomic mass is 10.1. The molecule has 6 heteroatoms. The minimum absolute atomic E-state index is 0.0429. The fraction of sp³-hybridized carbons (Fsp3) is 0.211. The molecule has 3 rings (SSSR count). The van der Waals surface area contributed by atoms with Crippen LogP contribution >= 0.6 is 11.6 Å². The van der Waals surface area contributed by atoms with Crippen molar-refractivity contribution in [2.75, 3.05) is 10.8 Å². The molecule has 0 saturated carbocycles. The van der Waals surface area contributed by atoms with Crippen LogP contribution in [0.25, 0.3) is 0 Å². The van der Waals surface area contributed by atoms with Gasteiger partial charge in [-0.05, 0) is 18.6 Å². The first-order chi connectivity index (χ1) is 12.1. The number of carbonyl (C=O) groups is 2. The number of aryl methyl sites for hydroxylation is 1. The van der Waals surface area contributed by atoms with E-state index in [1.807, 2.05) is 49.4 Å². The topological polar surface area (TPSA) is 59.0 Å². The first kappa shape index (κ1) is 17.2. The van der Waals surface area contributed by atoms with E-state index in [-0.39, 0.29) is 23.9 Å². The summed E-state index contributed by atoms with van der Waals surface area (Å²) in [5.74, 6) is -0.710. The lowest BCUT2D eigenvalue weighted by molar-refractivity contribution is -0.143. The normalized spacial score (nSPS) is 14.7. The Morgan fingerprint density at radius 1 is 1.16 bits per heavy atom. The van der Waals surface area contributed by atoms with E-state index >= 15 is 0 Å². The highest BCUT2D eigenvalue weighted by molar-refractivity contribution is 6.54. The number of alkyl halides is 1. The molecule has 0 radical (unpaired) electrons. The Kier molecular flexibility index (Phi) is 5.14. The van der Waals surface area contributed by atoms with Crippen molar-refractivity contribution in [2.45, 2.75) is 19.9 Å². The van der Waals surface area contributed by atoms with Gasteiger partial charge >= 0.3 is 5.97 Å². The van der Waals surface area contributed by atoms with Crippen LogP contribution in [0, 0.1) is 6.92 Å². The van der Waals surface area contributed by atoms with Gasteiger partial charge in [0.25, 0.3) is 5.91 Å². The second kappa shape index (κ2) is 7.49. The van der Waals surface area contributed by atoms with E-state index in [4.69, 9.17) is 16.4 Å². The van der Waals surface area contributed by atoms with Crippen LogP contribution in [0.5, 0.6) is 0 Å². The summed E-state index contributed by atoms with van der Waals surface area (Å²) in [6.45, 7) is 2.44. The lowest BCUT2D eigenvalue weighted by Crippen LogP contribution is -2.29. The van der Waals surface area contributed by atoms with Crippen LogP contribution in [0.15, 0.2) is 53.7 Å². The molecule has 2 aromatic carbocycles. The van der Waals surface area contributed by atoms with Gasteiger partial charge in [-0.25, -0.2) is 4.79 Å². The van der Waals surface area contributed by atoms with Crippen LogP contribution in [0.4, 0.5) is 5.69 Å². The minimum atomic E-state index is -0.565. The first-order valence-electron chi connectivity index (χ1n) is 7.91. The number of nitrogens with zero attached hydrogens (tertiary/aromatic N) is 2. The second-order valence-electron chi connectivity index (χ2n) is 5.74. The maximum absolute atomic E-state index is 12.8.